The molecule has 2 N–H and O–H groups in total. The van der Waals surface area contributed by atoms with Gasteiger partial charge in [0.1, 0.15) is 12.4 Å². The van der Waals surface area contributed by atoms with Crippen LogP contribution in [-0.2, 0) is 11.4 Å². The minimum absolute atomic E-state index is 0.128. The number of anilines is 2. The number of hydrogen-bond acceptors (Lipinski definition) is 5. The monoisotopic (exact) mass is 544 g/mol. The van der Waals surface area contributed by atoms with Crippen LogP contribution in [0.1, 0.15) is 26.5 Å². The van der Waals surface area contributed by atoms with E-state index in [2.05, 4.69) is 22.2 Å². The van der Waals surface area contributed by atoms with Crippen LogP contribution in [0.15, 0.2) is 97.6 Å². The fourth-order valence-corrected chi connectivity index (χ4v) is 4.67. The van der Waals surface area contributed by atoms with E-state index in [4.69, 9.17) is 4.74 Å². The van der Waals surface area contributed by atoms with Crippen LogP contribution in [0.3, 0.4) is 0 Å². The maximum atomic E-state index is 13.1. The van der Waals surface area contributed by atoms with Gasteiger partial charge in [0.2, 0.25) is 11.9 Å². The number of nitrogens with one attached hydrogen (secondary N) is 2. The molecule has 0 fully saturated rings. The van der Waals surface area contributed by atoms with E-state index in [-0.39, 0.29) is 21.6 Å². The number of thiophene rings is 1. The average Bonchev–Trinajstić information content (AvgIpc) is 3.58. The number of rotatable bonds is 9. The summed E-state index contributed by atoms with van der Waals surface area (Å²) in [4.78, 5) is 29.4. The van der Waals surface area contributed by atoms with Crippen LogP contribution in [0.4, 0.5) is 20.4 Å². The highest BCUT2D eigenvalue weighted by molar-refractivity contribution is 7.14. The van der Waals surface area contributed by atoms with Gasteiger partial charge in [-0.05, 0) is 54.1 Å². The van der Waals surface area contributed by atoms with Crippen molar-refractivity contribution in [1.82, 2.24) is 9.55 Å². The number of hydrogen-bond donors (Lipinski definition) is 2. The predicted octanol–water partition coefficient (Wildman–Crippen LogP) is 6.98. The molecule has 39 heavy (non-hydrogen) atoms. The van der Waals surface area contributed by atoms with E-state index in [0.29, 0.717) is 34.8 Å². The highest BCUT2D eigenvalue weighted by atomic mass is 32.1. The van der Waals surface area contributed by atoms with Gasteiger partial charge < -0.3 is 10.1 Å². The lowest BCUT2D eigenvalue weighted by atomic mass is 10.2. The SMILES string of the molecule is C=CC(=O)Nc1cccc(-n2c(NC(=O)c3ccc(C(F)F)s3)nc3cc(OCc4ccccc4)ccc32)c1. The molecule has 0 radical (unpaired) electrons. The molecule has 0 aliphatic heterocycles. The summed E-state index contributed by atoms with van der Waals surface area (Å²) < 4.78 is 33.8. The molecule has 0 saturated carbocycles. The zero-order chi connectivity index (χ0) is 27.4. The molecule has 0 spiro atoms. The fourth-order valence-electron chi connectivity index (χ4n) is 3.91. The number of aromatic nitrogens is 2. The van der Waals surface area contributed by atoms with Gasteiger partial charge in [-0.15, -0.1) is 11.3 Å². The molecule has 7 nitrogen and oxygen atoms in total. The third-order valence-corrected chi connectivity index (χ3v) is 6.81. The van der Waals surface area contributed by atoms with Gasteiger partial charge >= 0.3 is 0 Å². The first-order valence-corrected chi connectivity index (χ1v) is 12.7. The molecular weight excluding hydrogens is 522 g/mol. The second kappa shape index (κ2) is 11.3. The predicted molar refractivity (Wildman–Crippen MR) is 148 cm³/mol. The molecule has 2 aromatic heterocycles. The van der Waals surface area contributed by atoms with E-state index in [1.54, 1.807) is 41.0 Å². The van der Waals surface area contributed by atoms with Crippen molar-refractivity contribution in [3.05, 3.63) is 113 Å². The standard InChI is InChI=1S/C29H22F2N4O3S/c1-2-26(36)32-19-9-6-10-20(15-19)35-23-12-11-21(38-17-18-7-4-3-5-8-18)16-22(23)33-29(35)34-28(37)25-14-13-24(39-25)27(30)31/h2-16,27H,1,17H2,(H,32,36)(H,33,34,37). The maximum Gasteiger partial charge on any atom is 0.272 e. The molecule has 2 amide bonds. The molecule has 0 bridgehead atoms. The summed E-state index contributed by atoms with van der Waals surface area (Å²) in [5, 5.41) is 5.47. The summed E-state index contributed by atoms with van der Waals surface area (Å²) in [7, 11) is 0. The molecule has 0 saturated heterocycles. The molecule has 2 heterocycles. The number of fused-ring (bicyclic) bond motifs is 1. The normalized spacial score (nSPS) is 10.9. The molecule has 5 aromatic rings. The number of alkyl halides is 2. The Balaban J connectivity index is 1.52. The van der Waals surface area contributed by atoms with Gasteiger partial charge in [0.15, 0.2) is 0 Å². The number of halogens is 2. The summed E-state index contributed by atoms with van der Waals surface area (Å²) in [5.41, 5.74) is 3.32. The number of carbonyl (C=O) groups is 2. The van der Waals surface area contributed by atoms with Gasteiger partial charge in [0.25, 0.3) is 12.3 Å². The van der Waals surface area contributed by atoms with Crippen molar-refractivity contribution in [3.8, 4) is 11.4 Å². The Morgan fingerprint density at radius 1 is 1.00 bits per heavy atom. The molecule has 3 aromatic carbocycles. The lowest BCUT2D eigenvalue weighted by Crippen LogP contribution is -2.14. The first-order chi connectivity index (χ1) is 18.9. The van der Waals surface area contributed by atoms with Crippen LogP contribution in [0, 0.1) is 0 Å². The lowest BCUT2D eigenvalue weighted by molar-refractivity contribution is -0.111. The van der Waals surface area contributed by atoms with Gasteiger partial charge in [-0.3, -0.25) is 19.5 Å². The van der Waals surface area contributed by atoms with E-state index in [9.17, 15) is 18.4 Å². The number of carbonyl (C=O) groups excluding carboxylic acids is 2. The van der Waals surface area contributed by atoms with Gasteiger partial charge in [-0.2, -0.15) is 0 Å². The van der Waals surface area contributed by atoms with Crippen LogP contribution in [0.2, 0.25) is 0 Å². The largest absolute Gasteiger partial charge is 0.489 e. The van der Waals surface area contributed by atoms with Crippen molar-refractivity contribution >= 4 is 45.8 Å². The second-order valence-corrected chi connectivity index (χ2v) is 9.51. The van der Waals surface area contributed by atoms with Gasteiger partial charge in [0.05, 0.1) is 26.5 Å². The second-order valence-electron chi connectivity index (χ2n) is 8.40. The van der Waals surface area contributed by atoms with E-state index in [1.807, 2.05) is 36.4 Å². The zero-order valence-corrected chi connectivity index (χ0v) is 21.3. The molecule has 196 valence electrons. The first kappa shape index (κ1) is 25.8. The highest BCUT2D eigenvalue weighted by Gasteiger charge is 2.20. The molecule has 0 unspecified atom stereocenters. The summed E-state index contributed by atoms with van der Waals surface area (Å²) in [6.07, 6.45) is -1.50. The maximum absolute atomic E-state index is 13.1. The smallest absolute Gasteiger partial charge is 0.272 e. The lowest BCUT2D eigenvalue weighted by Gasteiger charge is -2.12. The fraction of sp³-hybridized carbons (Fsp3) is 0.0690. The average molecular weight is 545 g/mol. The first-order valence-electron chi connectivity index (χ1n) is 11.8. The van der Waals surface area contributed by atoms with E-state index in [1.165, 1.54) is 12.1 Å². The minimum Gasteiger partial charge on any atom is -0.489 e. The Hall–Kier alpha value is -4.83. The Bertz CT molecular complexity index is 1660. The molecule has 0 aliphatic rings. The van der Waals surface area contributed by atoms with Gasteiger partial charge in [-0.1, -0.05) is 43.0 Å². The van der Waals surface area contributed by atoms with Crippen molar-refractivity contribution in [2.45, 2.75) is 13.0 Å². The Morgan fingerprint density at radius 3 is 2.56 bits per heavy atom. The molecular formula is C29H22F2N4O3S. The van der Waals surface area contributed by atoms with Crippen molar-refractivity contribution in [1.29, 1.82) is 0 Å². The summed E-state index contributed by atoms with van der Waals surface area (Å²) in [6.45, 7) is 3.84. The van der Waals surface area contributed by atoms with E-state index < -0.39 is 12.3 Å². The van der Waals surface area contributed by atoms with E-state index in [0.717, 1.165) is 23.0 Å². The van der Waals surface area contributed by atoms with Crippen molar-refractivity contribution < 1.29 is 23.1 Å². The quantitative estimate of drug-likeness (QED) is 0.196. The Labute approximate surface area is 226 Å². The van der Waals surface area contributed by atoms with Crippen LogP contribution in [0.5, 0.6) is 5.75 Å². The Morgan fingerprint density at radius 2 is 1.82 bits per heavy atom. The number of nitrogens with zero attached hydrogens (tertiary/aromatic N) is 2. The number of ether oxygens (including phenoxy) is 1. The molecule has 0 atom stereocenters. The third-order valence-electron chi connectivity index (χ3n) is 5.72. The van der Waals surface area contributed by atoms with Crippen molar-refractivity contribution in [3.63, 3.8) is 0 Å². The third kappa shape index (κ3) is 5.86. The van der Waals surface area contributed by atoms with Gasteiger partial charge in [-0.25, -0.2) is 13.8 Å². The molecule has 5 rings (SSSR count). The summed E-state index contributed by atoms with van der Waals surface area (Å²) in [6, 6.07) is 24.7. The summed E-state index contributed by atoms with van der Waals surface area (Å²) in [5.74, 6) is -0.181. The van der Waals surface area contributed by atoms with Crippen LogP contribution in [-0.4, -0.2) is 21.4 Å². The van der Waals surface area contributed by atoms with Crippen molar-refractivity contribution in [2.24, 2.45) is 0 Å². The van der Waals surface area contributed by atoms with Crippen molar-refractivity contribution in [2.75, 3.05) is 10.6 Å². The van der Waals surface area contributed by atoms with Gasteiger partial charge in [0, 0.05) is 11.8 Å². The van der Waals surface area contributed by atoms with Crippen LogP contribution in [0.25, 0.3) is 16.7 Å². The van der Waals surface area contributed by atoms with Crippen LogP contribution < -0.4 is 15.4 Å². The minimum atomic E-state index is -2.66. The molecule has 0 aliphatic carbocycles. The number of benzene rings is 3. The number of amides is 2. The van der Waals surface area contributed by atoms with E-state index >= 15 is 0 Å². The molecule has 10 heteroatoms. The zero-order valence-electron chi connectivity index (χ0n) is 20.4. The topological polar surface area (TPSA) is 85.3 Å². The van der Waals surface area contributed by atoms with Crippen LogP contribution >= 0.6 is 11.3 Å². The summed E-state index contributed by atoms with van der Waals surface area (Å²) >= 11 is 0.720. The highest BCUT2D eigenvalue weighted by Crippen LogP contribution is 2.31. The Kier molecular flexibility index (Phi) is 7.46. The number of imidazole rings is 1.